The second-order valence-corrected chi connectivity index (χ2v) is 4.83. The Kier molecular flexibility index (Phi) is 3.93. The molecule has 4 nitrogen and oxygen atoms in total. The Bertz CT molecular complexity index is 318. The Hall–Kier alpha value is -0.900. The average molecular weight is 223 g/mol. The van der Waals surface area contributed by atoms with Crippen LogP contribution in [0.15, 0.2) is 4.52 Å². The van der Waals surface area contributed by atoms with Gasteiger partial charge in [-0.3, -0.25) is 0 Å². The Balaban J connectivity index is 1.86. The molecule has 1 fully saturated rings. The maximum atomic E-state index is 5.86. The van der Waals surface area contributed by atoms with E-state index in [-0.39, 0.29) is 6.04 Å². The minimum Gasteiger partial charge on any atom is -0.339 e. The van der Waals surface area contributed by atoms with E-state index in [1.807, 2.05) is 0 Å². The highest BCUT2D eigenvalue weighted by atomic mass is 16.5. The van der Waals surface area contributed by atoms with Crippen LogP contribution in [0.3, 0.4) is 0 Å². The summed E-state index contributed by atoms with van der Waals surface area (Å²) < 4.78 is 5.26. The van der Waals surface area contributed by atoms with Crippen LogP contribution in [-0.4, -0.2) is 16.2 Å². The molecule has 0 aliphatic heterocycles. The molecule has 1 atom stereocenters. The van der Waals surface area contributed by atoms with Gasteiger partial charge in [0.05, 0.1) is 0 Å². The summed E-state index contributed by atoms with van der Waals surface area (Å²) in [5, 5.41) is 3.98. The van der Waals surface area contributed by atoms with E-state index in [1.165, 1.54) is 25.7 Å². The quantitative estimate of drug-likeness (QED) is 0.830. The molecule has 0 radical (unpaired) electrons. The van der Waals surface area contributed by atoms with E-state index in [0.717, 1.165) is 36.9 Å². The Morgan fingerprint density at radius 2 is 2.19 bits per heavy atom. The molecule has 0 bridgehead atoms. The first-order valence-corrected chi connectivity index (χ1v) is 6.35. The number of nitrogens with two attached hydrogens (primary N) is 1. The van der Waals surface area contributed by atoms with E-state index in [1.54, 1.807) is 0 Å². The minimum atomic E-state index is 0.150. The Morgan fingerprint density at radius 1 is 1.44 bits per heavy atom. The molecule has 2 N–H and O–H groups in total. The van der Waals surface area contributed by atoms with Crippen molar-refractivity contribution in [3.8, 4) is 0 Å². The zero-order chi connectivity index (χ0) is 11.4. The third-order valence-electron chi connectivity index (χ3n) is 3.42. The van der Waals surface area contributed by atoms with Gasteiger partial charge in [0.15, 0.2) is 5.82 Å². The van der Waals surface area contributed by atoms with E-state index >= 15 is 0 Å². The molecule has 0 saturated heterocycles. The van der Waals surface area contributed by atoms with E-state index in [0.29, 0.717) is 0 Å². The number of aromatic nitrogens is 2. The number of hydrogen-bond acceptors (Lipinski definition) is 4. The molecule has 1 aromatic heterocycles. The second kappa shape index (κ2) is 5.43. The summed E-state index contributed by atoms with van der Waals surface area (Å²) >= 11 is 0. The molecule has 0 amide bonds. The highest BCUT2D eigenvalue weighted by molar-refractivity contribution is 4.91. The standard InChI is InChI=1S/C12H21N3O/c1-2-10(13)8-11-14-12(16-15-11)7-9-5-3-4-6-9/h9-10H,2-8,13H2,1H3. The molecule has 1 saturated carbocycles. The van der Waals surface area contributed by atoms with Crippen molar-refractivity contribution < 1.29 is 4.52 Å². The van der Waals surface area contributed by atoms with Gasteiger partial charge in [-0.05, 0) is 25.2 Å². The van der Waals surface area contributed by atoms with Gasteiger partial charge in [0.25, 0.3) is 0 Å². The molecule has 1 aliphatic rings. The van der Waals surface area contributed by atoms with Crippen molar-refractivity contribution in [2.24, 2.45) is 11.7 Å². The molecule has 4 heteroatoms. The normalized spacial score (nSPS) is 19.1. The fraction of sp³-hybridized carbons (Fsp3) is 0.833. The summed E-state index contributed by atoms with van der Waals surface area (Å²) in [5.74, 6) is 2.32. The third-order valence-corrected chi connectivity index (χ3v) is 3.42. The summed E-state index contributed by atoms with van der Waals surface area (Å²) in [6, 6.07) is 0.150. The summed E-state index contributed by atoms with van der Waals surface area (Å²) in [4.78, 5) is 4.40. The molecule has 1 heterocycles. The molecule has 0 aromatic carbocycles. The van der Waals surface area contributed by atoms with Gasteiger partial charge in [-0.15, -0.1) is 0 Å². The maximum Gasteiger partial charge on any atom is 0.226 e. The van der Waals surface area contributed by atoms with Crippen LogP contribution < -0.4 is 5.73 Å². The SMILES string of the molecule is CCC(N)Cc1noc(CC2CCCC2)n1. The lowest BCUT2D eigenvalue weighted by Gasteiger charge is -2.03. The van der Waals surface area contributed by atoms with Crippen molar-refractivity contribution in [1.82, 2.24) is 10.1 Å². The van der Waals surface area contributed by atoms with E-state index in [9.17, 15) is 0 Å². The average Bonchev–Trinajstić information content (AvgIpc) is 2.91. The van der Waals surface area contributed by atoms with Gasteiger partial charge < -0.3 is 10.3 Å². The van der Waals surface area contributed by atoms with Gasteiger partial charge in [0, 0.05) is 18.9 Å². The van der Waals surface area contributed by atoms with Gasteiger partial charge in [0.1, 0.15) is 0 Å². The minimum absolute atomic E-state index is 0.150. The zero-order valence-electron chi connectivity index (χ0n) is 9.98. The predicted molar refractivity (Wildman–Crippen MR) is 61.9 cm³/mol. The van der Waals surface area contributed by atoms with Crippen LogP contribution in [0.25, 0.3) is 0 Å². The first-order chi connectivity index (χ1) is 7.78. The van der Waals surface area contributed by atoms with Crippen molar-refractivity contribution in [3.63, 3.8) is 0 Å². The van der Waals surface area contributed by atoms with Gasteiger partial charge >= 0.3 is 0 Å². The van der Waals surface area contributed by atoms with Crippen LogP contribution in [0.5, 0.6) is 0 Å². The summed E-state index contributed by atoms with van der Waals surface area (Å²) in [7, 11) is 0. The molecule has 90 valence electrons. The highest BCUT2D eigenvalue weighted by Crippen LogP contribution is 2.27. The van der Waals surface area contributed by atoms with Crippen molar-refractivity contribution in [1.29, 1.82) is 0 Å². The lowest BCUT2D eigenvalue weighted by atomic mass is 10.0. The third kappa shape index (κ3) is 3.04. The van der Waals surface area contributed by atoms with Gasteiger partial charge in [-0.25, -0.2) is 0 Å². The van der Waals surface area contributed by atoms with Crippen LogP contribution in [0.4, 0.5) is 0 Å². The molecule has 1 aromatic rings. The van der Waals surface area contributed by atoms with E-state index in [4.69, 9.17) is 10.3 Å². The zero-order valence-corrected chi connectivity index (χ0v) is 9.98. The number of rotatable bonds is 5. The lowest BCUT2D eigenvalue weighted by molar-refractivity contribution is 0.348. The summed E-state index contributed by atoms with van der Waals surface area (Å²) in [5.41, 5.74) is 5.86. The second-order valence-electron chi connectivity index (χ2n) is 4.83. The monoisotopic (exact) mass is 223 g/mol. The first-order valence-electron chi connectivity index (χ1n) is 6.35. The van der Waals surface area contributed by atoms with Crippen molar-refractivity contribution >= 4 is 0 Å². The fourth-order valence-electron chi connectivity index (χ4n) is 2.30. The van der Waals surface area contributed by atoms with Gasteiger partial charge in [-0.1, -0.05) is 24.9 Å². The van der Waals surface area contributed by atoms with Crippen LogP contribution in [0, 0.1) is 5.92 Å². The van der Waals surface area contributed by atoms with Crippen molar-refractivity contribution in [3.05, 3.63) is 11.7 Å². The predicted octanol–water partition coefficient (Wildman–Crippen LogP) is 2.08. The summed E-state index contributed by atoms with van der Waals surface area (Å²) in [6.07, 6.45) is 7.96. The maximum absolute atomic E-state index is 5.86. The topological polar surface area (TPSA) is 64.9 Å². The fourth-order valence-corrected chi connectivity index (χ4v) is 2.30. The van der Waals surface area contributed by atoms with Crippen LogP contribution in [0.1, 0.15) is 50.7 Å². The van der Waals surface area contributed by atoms with Crippen molar-refractivity contribution in [2.45, 2.75) is 57.9 Å². The van der Waals surface area contributed by atoms with Crippen molar-refractivity contribution in [2.75, 3.05) is 0 Å². The van der Waals surface area contributed by atoms with Gasteiger partial charge in [0.2, 0.25) is 5.89 Å². The van der Waals surface area contributed by atoms with E-state index < -0.39 is 0 Å². The molecular formula is C12H21N3O. The molecule has 0 spiro atoms. The molecule has 2 rings (SSSR count). The Labute approximate surface area is 96.6 Å². The summed E-state index contributed by atoms with van der Waals surface area (Å²) in [6.45, 7) is 2.07. The molecular weight excluding hydrogens is 202 g/mol. The first kappa shape index (κ1) is 11.6. The molecule has 1 aliphatic carbocycles. The largest absolute Gasteiger partial charge is 0.339 e. The number of hydrogen-bond donors (Lipinski definition) is 1. The number of nitrogens with zero attached hydrogens (tertiary/aromatic N) is 2. The Morgan fingerprint density at radius 3 is 2.88 bits per heavy atom. The highest BCUT2D eigenvalue weighted by Gasteiger charge is 2.19. The smallest absolute Gasteiger partial charge is 0.226 e. The van der Waals surface area contributed by atoms with Crippen LogP contribution >= 0.6 is 0 Å². The van der Waals surface area contributed by atoms with E-state index in [2.05, 4.69) is 17.1 Å². The molecule has 1 unspecified atom stereocenters. The molecule has 16 heavy (non-hydrogen) atoms. The van der Waals surface area contributed by atoms with Crippen LogP contribution in [-0.2, 0) is 12.8 Å². The van der Waals surface area contributed by atoms with Gasteiger partial charge in [-0.2, -0.15) is 4.98 Å². The van der Waals surface area contributed by atoms with Crippen LogP contribution in [0.2, 0.25) is 0 Å². The lowest BCUT2D eigenvalue weighted by Crippen LogP contribution is -2.22.